The smallest absolute Gasteiger partial charge is 0.120 e. The second kappa shape index (κ2) is 6.05. The van der Waals surface area contributed by atoms with Gasteiger partial charge in [-0.2, -0.15) is 0 Å². The molecule has 0 radical (unpaired) electrons. The largest absolute Gasteiger partial charge is 0.490 e. The van der Waals surface area contributed by atoms with Gasteiger partial charge in [-0.15, -0.1) is 0 Å². The van der Waals surface area contributed by atoms with Crippen LogP contribution in [0.3, 0.4) is 0 Å². The molecule has 1 aromatic rings. The summed E-state index contributed by atoms with van der Waals surface area (Å²) in [5, 5.41) is 3.53. The number of nitrogens with one attached hydrogen (secondary N) is 1. The van der Waals surface area contributed by atoms with Crippen molar-refractivity contribution in [3.05, 3.63) is 41.0 Å². The molecule has 0 heterocycles. The minimum atomic E-state index is 0.539. The van der Waals surface area contributed by atoms with Gasteiger partial charge in [0.25, 0.3) is 0 Å². The number of hydrogen-bond acceptors (Lipinski definition) is 2. The van der Waals surface area contributed by atoms with Crippen molar-refractivity contribution in [3.8, 4) is 5.75 Å². The molecular weight excluding hydrogens is 222 g/mol. The van der Waals surface area contributed by atoms with Crippen LogP contribution in [0, 0.1) is 0 Å². The van der Waals surface area contributed by atoms with Crippen molar-refractivity contribution < 1.29 is 4.74 Å². The normalized spacial score (nSPS) is 17.4. The first-order valence-electron chi connectivity index (χ1n) is 6.83. The molecule has 0 amide bonds. The zero-order chi connectivity index (χ0) is 13.0. The van der Waals surface area contributed by atoms with E-state index in [1.54, 1.807) is 0 Å². The third-order valence-electron chi connectivity index (χ3n) is 3.38. The van der Waals surface area contributed by atoms with E-state index in [0.717, 1.165) is 18.7 Å². The molecule has 0 fully saturated rings. The lowest BCUT2D eigenvalue weighted by Crippen LogP contribution is -2.18. The van der Waals surface area contributed by atoms with E-state index < -0.39 is 0 Å². The van der Waals surface area contributed by atoms with Crippen molar-refractivity contribution in [1.82, 2.24) is 5.32 Å². The topological polar surface area (TPSA) is 21.3 Å². The second-order valence-corrected chi connectivity index (χ2v) is 5.10. The molecule has 1 aromatic carbocycles. The maximum atomic E-state index is 5.74. The van der Waals surface area contributed by atoms with Crippen LogP contribution >= 0.6 is 0 Å². The first-order valence-corrected chi connectivity index (χ1v) is 6.83. The first-order chi connectivity index (χ1) is 8.70. The highest BCUT2D eigenvalue weighted by Crippen LogP contribution is 2.33. The Morgan fingerprint density at radius 3 is 3.00 bits per heavy atom. The molecule has 0 saturated carbocycles. The van der Waals surface area contributed by atoms with Gasteiger partial charge in [-0.1, -0.05) is 18.6 Å². The fraction of sp³-hybridized carbons (Fsp3) is 0.500. The Balaban J connectivity index is 2.03. The van der Waals surface area contributed by atoms with Gasteiger partial charge in [0.1, 0.15) is 12.4 Å². The Hall–Kier alpha value is -1.28. The standard InChI is InChI=1S/C16H23NO/c1-4-17-16-8-5-13-11-14(6-7-15(13)16)18-10-9-12(2)3/h6-7,9,11,16-17H,4-5,8,10H2,1-3H3. The zero-order valence-electron chi connectivity index (χ0n) is 11.6. The highest BCUT2D eigenvalue weighted by Gasteiger charge is 2.21. The Labute approximate surface area is 110 Å². The predicted octanol–water partition coefficient (Wildman–Crippen LogP) is 3.63. The van der Waals surface area contributed by atoms with E-state index in [1.165, 1.54) is 23.1 Å². The lowest BCUT2D eigenvalue weighted by atomic mass is 10.1. The summed E-state index contributed by atoms with van der Waals surface area (Å²) in [6, 6.07) is 7.05. The van der Waals surface area contributed by atoms with Crippen molar-refractivity contribution >= 4 is 0 Å². The molecular formula is C16H23NO. The van der Waals surface area contributed by atoms with Crippen LogP contribution in [0.25, 0.3) is 0 Å². The van der Waals surface area contributed by atoms with Crippen molar-refractivity contribution in [1.29, 1.82) is 0 Å². The Morgan fingerprint density at radius 1 is 1.44 bits per heavy atom. The van der Waals surface area contributed by atoms with E-state index >= 15 is 0 Å². The van der Waals surface area contributed by atoms with Crippen LogP contribution < -0.4 is 10.1 Å². The van der Waals surface area contributed by atoms with E-state index in [-0.39, 0.29) is 0 Å². The maximum Gasteiger partial charge on any atom is 0.120 e. The summed E-state index contributed by atoms with van der Waals surface area (Å²) < 4.78 is 5.74. The van der Waals surface area contributed by atoms with Gasteiger partial charge in [0.15, 0.2) is 0 Å². The summed E-state index contributed by atoms with van der Waals surface area (Å²) >= 11 is 0. The van der Waals surface area contributed by atoms with Gasteiger partial charge in [-0.05, 0) is 62.6 Å². The summed E-state index contributed by atoms with van der Waals surface area (Å²) in [5.41, 5.74) is 4.19. The molecule has 0 bridgehead atoms. The molecule has 1 unspecified atom stereocenters. The molecule has 0 spiro atoms. The van der Waals surface area contributed by atoms with E-state index in [4.69, 9.17) is 4.74 Å². The molecule has 2 heteroatoms. The average Bonchev–Trinajstić information content (AvgIpc) is 2.72. The molecule has 18 heavy (non-hydrogen) atoms. The van der Waals surface area contributed by atoms with Gasteiger partial charge < -0.3 is 10.1 Å². The van der Waals surface area contributed by atoms with Crippen LogP contribution in [0.5, 0.6) is 5.75 Å². The van der Waals surface area contributed by atoms with Crippen LogP contribution in [0.1, 0.15) is 44.4 Å². The molecule has 0 saturated heterocycles. The molecule has 1 aliphatic carbocycles. The number of fused-ring (bicyclic) bond motifs is 1. The third-order valence-corrected chi connectivity index (χ3v) is 3.38. The van der Waals surface area contributed by atoms with Crippen molar-refractivity contribution in [3.63, 3.8) is 0 Å². The van der Waals surface area contributed by atoms with Crippen LogP contribution in [-0.2, 0) is 6.42 Å². The number of rotatable bonds is 5. The molecule has 1 N–H and O–H groups in total. The second-order valence-electron chi connectivity index (χ2n) is 5.10. The highest BCUT2D eigenvalue weighted by molar-refractivity contribution is 5.40. The molecule has 1 atom stereocenters. The van der Waals surface area contributed by atoms with Gasteiger partial charge in [0.05, 0.1) is 0 Å². The van der Waals surface area contributed by atoms with Gasteiger partial charge in [-0.3, -0.25) is 0 Å². The van der Waals surface area contributed by atoms with Gasteiger partial charge in [0.2, 0.25) is 0 Å². The lowest BCUT2D eigenvalue weighted by Gasteiger charge is -2.12. The monoisotopic (exact) mass is 245 g/mol. The van der Waals surface area contributed by atoms with Crippen molar-refractivity contribution in [2.75, 3.05) is 13.2 Å². The number of benzene rings is 1. The maximum absolute atomic E-state index is 5.74. The molecule has 0 aliphatic heterocycles. The van der Waals surface area contributed by atoms with Crippen LogP contribution in [-0.4, -0.2) is 13.2 Å². The Morgan fingerprint density at radius 2 is 2.28 bits per heavy atom. The Kier molecular flexibility index (Phi) is 4.43. The number of aryl methyl sites for hydroxylation is 1. The number of allylic oxidation sites excluding steroid dienone is 1. The van der Waals surface area contributed by atoms with Crippen LogP contribution in [0.2, 0.25) is 0 Å². The summed E-state index contributed by atoms with van der Waals surface area (Å²) in [5.74, 6) is 0.989. The fourth-order valence-corrected chi connectivity index (χ4v) is 2.45. The van der Waals surface area contributed by atoms with E-state index in [0.29, 0.717) is 12.6 Å². The van der Waals surface area contributed by atoms with E-state index in [1.807, 2.05) is 0 Å². The highest BCUT2D eigenvalue weighted by atomic mass is 16.5. The third kappa shape index (κ3) is 3.14. The minimum absolute atomic E-state index is 0.539. The number of ether oxygens (including phenoxy) is 1. The number of hydrogen-bond donors (Lipinski definition) is 1. The minimum Gasteiger partial charge on any atom is -0.490 e. The summed E-state index contributed by atoms with van der Waals surface area (Å²) in [6.07, 6.45) is 4.47. The average molecular weight is 245 g/mol. The van der Waals surface area contributed by atoms with Crippen molar-refractivity contribution in [2.45, 2.75) is 39.7 Å². The van der Waals surface area contributed by atoms with Gasteiger partial charge in [0, 0.05) is 6.04 Å². The molecule has 1 aliphatic rings. The first kappa shape index (κ1) is 13.2. The SMILES string of the molecule is CCNC1CCc2cc(OCC=C(C)C)ccc21. The molecule has 2 nitrogen and oxygen atoms in total. The Bertz CT molecular complexity index is 433. The van der Waals surface area contributed by atoms with Crippen molar-refractivity contribution in [2.24, 2.45) is 0 Å². The van der Waals surface area contributed by atoms with Gasteiger partial charge >= 0.3 is 0 Å². The van der Waals surface area contributed by atoms with Crippen LogP contribution in [0.4, 0.5) is 0 Å². The quantitative estimate of drug-likeness (QED) is 0.800. The summed E-state index contributed by atoms with van der Waals surface area (Å²) in [7, 11) is 0. The summed E-state index contributed by atoms with van der Waals surface area (Å²) in [4.78, 5) is 0. The molecule has 98 valence electrons. The zero-order valence-corrected chi connectivity index (χ0v) is 11.6. The summed E-state index contributed by atoms with van der Waals surface area (Å²) in [6.45, 7) is 8.04. The van der Waals surface area contributed by atoms with E-state index in [9.17, 15) is 0 Å². The van der Waals surface area contributed by atoms with Crippen LogP contribution in [0.15, 0.2) is 29.8 Å². The fourth-order valence-electron chi connectivity index (χ4n) is 2.45. The molecule has 2 rings (SSSR count). The van der Waals surface area contributed by atoms with Gasteiger partial charge in [-0.25, -0.2) is 0 Å². The lowest BCUT2D eigenvalue weighted by molar-refractivity contribution is 0.361. The molecule has 0 aromatic heterocycles. The van der Waals surface area contributed by atoms with E-state index in [2.05, 4.69) is 50.4 Å². The predicted molar refractivity (Wildman–Crippen MR) is 76.1 cm³/mol.